The highest BCUT2D eigenvalue weighted by molar-refractivity contribution is 5.30. The molecule has 0 spiro atoms. The molecule has 1 aromatic rings. The van der Waals surface area contributed by atoms with Gasteiger partial charge in [0.2, 0.25) is 0 Å². The second-order valence-corrected chi connectivity index (χ2v) is 3.93. The molecule has 0 saturated heterocycles. The van der Waals surface area contributed by atoms with Gasteiger partial charge in [-0.1, -0.05) is 6.07 Å². The predicted octanol–water partition coefficient (Wildman–Crippen LogP) is -0.941. The molecule has 0 heterocycles. The zero-order valence-electron chi connectivity index (χ0n) is 10.4. The van der Waals surface area contributed by atoms with Crippen molar-refractivity contribution in [3.63, 3.8) is 0 Å². The molecule has 2 N–H and O–H groups in total. The van der Waals surface area contributed by atoms with E-state index >= 15 is 0 Å². The first-order chi connectivity index (χ1) is 8.39. The van der Waals surface area contributed by atoms with Crippen molar-refractivity contribution in [2.24, 2.45) is 0 Å². The van der Waals surface area contributed by atoms with Gasteiger partial charge in [-0.3, -0.25) is 0 Å². The number of rotatable bonds is 6. The number of aliphatic hydroxyl groups excluding tert-OH is 1. The average Bonchev–Trinajstić information content (AvgIpc) is 2.27. The Labute approximate surface area is 116 Å². The minimum atomic E-state index is -4.36. The van der Waals surface area contributed by atoms with E-state index in [4.69, 9.17) is 9.84 Å². The van der Waals surface area contributed by atoms with Gasteiger partial charge in [-0.25, -0.2) is 0 Å². The monoisotopic (exact) mass is 298 g/mol. The number of nitrogens with one attached hydrogen (secondary N) is 1. The Kier molecular flexibility index (Phi) is 7.82. The summed E-state index contributed by atoms with van der Waals surface area (Å²) in [6.45, 7) is 2.77. The minimum Gasteiger partial charge on any atom is -1.00 e. The van der Waals surface area contributed by atoms with E-state index in [-0.39, 0.29) is 24.8 Å². The summed E-state index contributed by atoms with van der Waals surface area (Å²) < 4.78 is 42.4. The first kappa shape index (κ1) is 18.0. The molecule has 0 bridgehead atoms. The fraction of sp³-hybridized carbons (Fsp3) is 0.500. The number of benzene rings is 1. The number of hydrogen-bond acceptors (Lipinski definition) is 3. The van der Waals surface area contributed by atoms with Crippen LogP contribution in [0.1, 0.15) is 12.5 Å². The molecule has 1 atom stereocenters. The van der Waals surface area contributed by atoms with Crippen LogP contribution in [0.3, 0.4) is 0 Å². The van der Waals surface area contributed by atoms with Crippen molar-refractivity contribution in [1.29, 1.82) is 0 Å². The van der Waals surface area contributed by atoms with Gasteiger partial charge in [-0.2, -0.15) is 13.2 Å². The Morgan fingerprint density at radius 2 is 2.05 bits per heavy atom. The molecule has 0 aliphatic heterocycles. The molecule has 1 aromatic carbocycles. The van der Waals surface area contributed by atoms with Crippen LogP contribution in [0.5, 0.6) is 5.75 Å². The summed E-state index contributed by atoms with van der Waals surface area (Å²) in [4.78, 5) is 0. The first-order valence-electron chi connectivity index (χ1n) is 5.58. The highest BCUT2D eigenvalue weighted by atomic mass is 35.5. The lowest BCUT2D eigenvalue weighted by Gasteiger charge is -2.11. The van der Waals surface area contributed by atoms with Gasteiger partial charge in [0.15, 0.2) is 0 Å². The second-order valence-electron chi connectivity index (χ2n) is 3.93. The lowest BCUT2D eigenvalue weighted by Crippen LogP contribution is -3.00. The zero-order valence-corrected chi connectivity index (χ0v) is 11.1. The van der Waals surface area contributed by atoms with Crippen LogP contribution in [0.25, 0.3) is 0 Å². The normalized spacial score (nSPS) is 12.7. The van der Waals surface area contributed by atoms with Gasteiger partial charge in [0.1, 0.15) is 12.4 Å². The fourth-order valence-electron chi connectivity index (χ4n) is 1.31. The number of hydrogen-bond donors (Lipinski definition) is 2. The van der Waals surface area contributed by atoms with Crippen LogP contribution in [0.4, 0.5) is 13.2 Å². The molecule has 0 fully saturated rings. The van der Waals surface area contributed by atoms with Crippen LogP contribution >= 0.6 is 0 Å². The van der Waals surface area contributed by atoms with Gasteiger partial charge in [-0.15, -0.1) is 0 Å². The number of aliphatic hydroxyl groups is 1. The first-order valence-corrected chi connectivity index (χ1v) is 5.58. The lowest BCUT2D eigenvalue weighted by atomic mass is 10.2. The minimum absolute atomic E-state index is 0. The maximum absolute atomic E-state index is 12.4. The maximum Gasteiger partial charge on any atom is 0.416 e. The summed E-state index contributed by atoms with van der Waals surface area (Å²) in [6, 6.07) is 4.75. The van der Waals surface area contributed by atoms with E-state index in [0.29, 0.717) is 13.1 Å². The Morgan fingerprint density at radius 3 is 2.63 bits per heavy atom. The Morgan fingerprint density at radius 1 is 1.37 bits per heavy atom. The average molecular weight is 299 g/mol. The van der Waals surface area contributed by atoms with Crippen molar-refractivity contribution in [2.45, 2.75) is 19.2 Å². The van der Waals surface area contributed by atoms with Crippen LogP contribution in [0, 0.1) is 0 Å². The number of ether oxygens (including phenoxy) is 1. The van der Waals surface area contributed by atoms with E-state index < -0.39 is 17.8 Å². The zero-order chi connectivity index (χ0) is 13.6. The number of alkyl halides is 3. The molecule has 0 aromatic heterocycles. The second kappa shape index (κ2) is 8.24. The van der Waals surface area contributed by atoms with E-state index in [9.17, 15) is 13.2 Å². The molecule has 0 aliphatic carbocycles. The van der Waals surface area contributed by atoms with Crippen LogP contribution < -0.4 is 22.5 Å². The third-order valence-electron chi connectivity index (χ3n) is 2.15. The van der Waals surface area contributed by atoms with E-state index in [1.165, 1.54) is 12.1 Å². The van der Waals surface area contributed by atoms with Gasteiger partial charge in [0.05, 0.1) is 11.7 Å². The van der Waals surface area contributed by atoms with Gasteiger partial charge in [0.25, 0.3) is 0 Å². The molecule has 1 unspecified atom stereocenters. The van der Waals surface area contributed by atoms with Crippen LogP contribution in [-0.2, 0) is 6.18 Å². The summed E-state index contributed by atoms with van der Waals surface area (Å²) in [5.41, 5.74) is -0.725. The van der Waals surface area contributed by atoms with Crippen molar-refractivity contribution < 1.29 is 35.4 Å². The summed E-state index contributed by atoms with van der Waals surface area (Å²) in [6.07, 6.45) is -4.82. The standard InChI is InChI=1S/C12H16F3NO2.ClH/c1-9(17)8-16-5-6-18-11-4-2-3-10(7-11)12(13,14)15;/h2-4,7,9,16-17H,5-6,8H2,1H3;1H/p-1. The molecule has 19 heavy (non-hydrogen) atoms. The SMILES string of the molecule is CC(O)CNCCOc1cccc(C(F)(F)F)c1.[Cl-]. The predicted molar refractivity (Wildman–Crippen MR) is 61.5 cm³/mol. The lowest BCUT2D eigenvalue weighted by molar-refractivity contribution is -0.137. The highest BCUT2D eigenvalue weighted by Gasteiger charge is 2.30. The van der Waals surface area contributed by atoms with Crippen molar-refractivity contribution in [3.05, 3.63) is 29.8 Å². The molecule has 1 rings (SSSR count). The van der Waals surface area contributed by atoms with Crippen molar-refractivity contribution in [2.75, 3.05) is 19.7 Å². The molecule has 7 heteroatoms. The van der Waals surface area contributed by atoms with E-state index in [1.807, 2.05) is 0 Å². The quantitative estimate of drug-likeness (QED) is 0.666. The van der Waals surface area contributed by atoms with Gasteiger partial charge in [0, 0.05) is 13.1 Å². The smallest absolute Gasteiger partial charge is 0.416 e. The highest BCUT2D eigenvalue weighted by Crippen LogP contribution is 2.31. The third kappa shape index (κ3) is 7.25. The molecule has 0 aliphatic rings. The summed E-state index contributed by atoms with van der Waals surface area (Å²) in [5, 5.41) is 11.9. The maximum atomic E-state index is 12.4. The summed E-state index contributed by atoms with van der Waals surface area (Å²) >= 11 is 0. The van der Waals surface area contributed by atoms with Crippen LogP contribution in [-0.4, -0.2) is 30.9 Å². The van der Waals surface area contributed by atoms with Crippen LogP contribution in [0.15, 0.2) is 24.3 Å². The molecule has 110 valence electrons. The molecule has 0 amide bonds. The van der Waals surface area contributed by atoms with Crippen molar-refractivity contribution in [1.82, 2.24) is 5.32 Å². The largest absolute Gasteiger partial charge is 1.00 e. The number of halogens is 4. The topological polar surface area (TPSA) is 41.5 Å². The summed E-state index contributed by atoms with van der Waals surface area (Å²) in [5.74, 6) is 0.184. The third-order valence-corrected chi connectivity index (χ3v) is 2.15. The van der Waals surface area contributed by atoms with Gasteiger partial charge in [-0.05, 0) is 25.1 Å². The Balaban J connectivity index is 0.00000324. The van der Waals surface area contributed by atoms with Gasteiger partial charge >= 0.3 is 6.18 Å². The molecule has 0 saturated carbocycles. The molecule has 3 nitrogen and oxygen atoms in total. The summed E-state index contributed by atoms with van der Waals surface area (Å²) in [7, 11) is 0. The van der Waals surface area contributed by atoms with E-state index in [2.05, 4.69) is 5.32 Å². The molecular formula is C12H16ClF3NO2-. The Hall–Kier alpha value is -0.980. The van der Waals surface area contributed by atoms with Crippen molar-refractivity contribution in [3.8, 4) is 5.75 Å². The Bertz CT molecular complexity index is 372. The van der Waals surface area contributed by atoms with E-state index in [0.717, 1.165) is 12.1 Å². The fourth-order valence-corrected chi connectivity index (χ4v) is 1.31. The van der Waals surface area contributed by atoms with Gasteiger partial charge < -0.3 is 27.6 Å². The van der Waals surface area contributed by atoms with Crippen molar-refractivity contribution >= 4 is 0 Å². The molecule has 0 radical (unpaired) electrons. The van der Waals surface area contributed by atoms with Crippen LogP contribution in [0.2, 0.25) is 0 Å². The molecular weight excluding hydrogens is 283 g/mol. The van der Waals surface area contributed by atoms with E-state index in [1.54, 1.807) is 6.92 Å².